The van der Waals surface area contributed by atoms with Gasteiger partial charge < -0.3 is 9.88 Å². The second kappa shape index (κ2) is 9.83. The Morgan fingerprint density at radius 1 is 1.06 bits per heavy atom. The van der Waals surface area contributed by atoms with E-state index in [-0.39, 0.29) is 10.8 Å². The maximum absolute atomic E-state index is 12.9. The van der Waals surface area contributed by atoms with Crippen molar-refractivity contribution in [2.24, 2.45) is 0 Å². The van der Waals surface area contributed by atoms with Crippen LogP contribution < -0.4 is 5.32 Å². The molecule has 32 heavy (non-hydrogen) atoms. The molecule has 8 heteroatoms. The molecule has 1 aromatic heterocycles. The average Bonchev–Trinajstić information content (AvgIpc) is 3.12. The van der Waals surface area contributed by atoms with Gasteiger partial charge in [0.05, 0.1) is 15.9 Å². The smallest absolute Gasteiger partial charge is 0.243 e. The van der Waals surface area contributed by atoms with Gasteiger partial charge in [0.1, 0.15) is 5.82 Å². The molecule has 3 aromatic rings. The molecule has 0 aliphatic heterocycles. The van der Waals surface area contributed by atoms with Crippen molar-refractivity contribution in [3.8, 4) is 0 Å². The molecule has 1 heterocycles. The minimum Gasteiger partial charge on any atom is -0.328 e. The lowest BCUT2D eigenvalue weighted by Crippen LogP contribution is -2.30. The van der Waals surface area contributed by atoms with Crippen molar-refractivity contribution in [1.29, 1.82) is 0 Å². The van der Waals surface area contributed by atoms with E-state index in [1.54, 1.807) is 12.1 Å². The molecular formula is C24H32N4O3S. The van der Waals surface area contributed by atoms with E-state index in [0.717, 1.165) is 28.2 Å². The normalized spacial score (nSPS) is 11.9. The lowest BCUT2D eigenvalue weighted by atomic mass is 10.1. The molecule has 1 amide bonds. The van der Waals surface area contributed by atoms with Crippen LogP contribution in [0.1, 0.15) is 44.1 Å². The Kier molecular flexibility index (Phi) is 7.36. The van der Waals surface area contributed by atoms with E-state index in [4.69, 9.17) is 0 Å². The van der Waals surface area contributed by atoms with E-state index < -0.39 is 10.0 Å². The van der Waals surface area contributed by atoms with Gasteiger partial charge in [-0.15, -0.1) is 0 Å². The molecule has 0 saturated heterocycles. The van der Waals surface area contributed by atoms with Crippen molar-refractivity contribution in [1.82, 2.24) is 13.9 Å². The molecule has 0 atom stereocenters. The van der Waals surface area contributed by atoms with Gasteiger partial charge >= 0.3 is 0 Å². The molecule has 3 rings (SSSR count). The quantitative estimate of drug-likeness (QED) is 0.521. The number of benzene rings is 2. The maximum atomic E-state index is 12.9. The predicted octanol–water partition coefficient (Wildman–Crippen LogP) is 4.27. The molecule has 1 N–H and O–H groups in total. The molecule has 7 nitrogen and oxygen atoms in total. The summed E-state index contributed by atoms with van der Waals surface area (Å²) < 4.78 is 29.2. The number of hydrogen-bond donors (Lipinski definition) is 1. The predicted molar refractivity (Wildman–Crippen MR) is 128 cm³/mol. The highest BCUT2D eigenvalue weighted by molar-refractivity contribution is 7.89. The van der Waals surface area contributed by atoms with Crippen LogP contribution in [0.2, 0.25) is 0 Å². The summed E-state index contributed by atoms with van der Waals surface area (Å²) in [4.78, 5) is 17.5. The fourth-order valence-electron chi connectivity index (χ4n) is 3.88. The van der Waals surface area contributed by atoms with Crippen LogP contribution in [-0.4, -0.2) is 41.3 Å². The van der Waals surface area contributed by atoms with Gasteiger partial charge in [0.2, 0.25) is 15.9 Å². The van der Waals surface area contributed by atoms with Crippen molar-refractivity contribution in [2.45, 2.75) is 58.9 Å². The average molecular weight is 457 g/mol. The number of imidazole rings is 1. The molecule has 0 radical (unpaired) electrons. The second-order valence-corrected chi connectivity index (χ2v) is 9.82. The first kappa shape index (κ1) is 23.9. The standard InChI is InChI=1S/C24H32N4O3S/c1-6-27(7-2)32(30,31)19-11-12-22-21(16-19)25-23(28(22)8-3)13-14-24(29)26-20-15-17(4)9-10-18(20)5/h9-12,15-16H,6-8,13-14H2,1-5H3,(H,26,29). The molecule has 172 valence electrons. The Hall–Kier alpha value is -2.71. The number of carbonyl (C=O) groups is 1. The molecule has 0 aliphatic rings. The van der Waals surface area contributed by atoms with E-state index >= 15 is 0 Å². The van der Waals surface area contributed by atoms with E-state index in [9.17, 15) is 13.2 Å². The summed E-state index contributed by atoms with van der Waals surface area (Å²) in [6, 6.07) is 11.1. The largest absolute Gasteiger partial charge is 0.328 e. The molecule has 0 bridgehead atoms. The van der Waals surface area contributed by atoms with Crippen molar-refractivity contribution in [3.63, 3.8) is 0 Å². The third-order valence-electron chi connectivity index (χ3n) is 5.70. The Morgan fingerprint density at radius 2 is 1.78 bits per heavy atom. The van der Waals surface area contributed by atoms with Crippen LogP contribution in [0.15, 0.2) is 41.3 Å². The van der Waals surface area contributed by atoms with Crippen LogP contribution in [-0.2, 0) is 27.8 Å². The molecule has 0 saturated carbocycles. The number of nitrogens with zero attached hydrogens (tertiary/aromatic N) is 3. The third kappa shape index (κ3) is 4.86. The Balaban J connectivity index is 1.82. The summed E-state index contributed by atoms with van der Waals surface area (Å²) in [6.07, 6.45) is 0.763. The van der Waals surface area contributed by atoms with Crippen LogP contribution in [0.25, 0.3) is 11.0 Å². The first-order valence-corrected chi connectivity index (χ1v) is 12.5. The number of fused-ring (bicyclic) bond motifs is 1. The summed E-state index contributed by atoms with van der Waals surface area (Å²) in [5.41, 5.74) is 4.44. The summed E-state index contributed by atoms with van der Waals surface area (Å²) in [7, 11) is -3.55. The topological polar surface area (TPSA) is 84.3 Å². The van der Waals surface area contributed by atoms with Gasteiger partial charge in [0.25, 0.3) is 0 Å². The lowest BCUT2D eigenvalue weighted by Gasteiger charge is -2.18. The Bertz CT molecular complexity index is 1230. The zero-order valence-corrected chi connectivity index (χ0v) is 20.3. The molecule has 0 fully saturated rings. The fourth-order valence-corrected chi connectivity index (χ4v) is 5.36. The van der Waals surface area contributed by atoms with Gasteiger partial charge in [0, 0.05) is 38.2 Å². The van der Waals surface area contributed by atoms with Gasteiger partial charge in [-0.2, -0.15) is 4.31 Å². The van der Waals surface area contributed by atoms with Gasteiger partial charge in [-0.25, -0.2) is 13.4 Å². The van der Waals surface area contributed by atoms with Gasteiger partial charge in [-0.05, 0) is 56.2 Å². The maximum Gasteiger partial charge on any atom is 0.243 e. The molecule has 0 spiro atoms. The van der Waals surface area contributed by atoms with E-state index in [2.05, 4.69) is 10.3 Å². The van der Waals surface area contributed by atoms with Crippen molar-refractivity contribution in [3.05, 3.63) is 53.3 Å². The van der Waals surface area contributed by atoms with Gasteiger partial charge in [0.15, 0.2) is 0 Å². The Morgan fingerprint density at radius 3 is 2.44 bits per heavy atom. The van der Waals surface area contributed by atoms with E-state index in [1.807, 2.05) is 63.5 Å². The fraction of sp³-hybridized carbons (Fsp3) is 0.417. The van der Waals surface area contributed by atoms with E-state index in [1.165, 1.54) is 4.31 Å². The SMILES string of the molecule is CCN(CC)S(=O)(=O)c1ccc2c(c1)nc(CCC(=O)Nc1cc(C)ccc1C)n2CC. The Labute approximate surface area is 190 Å². The first-order valence-electron chi connectivity index (χ1n) is 11.1. The highest BCUT2D eigenvalue weighted by atomic mass is 32.2. The van der Waals surface area contributed by atoms with E-state index in [0.29, 0.717) is 38.0 Å². The summed E-state index contributed by atoms with van der Waals surface area (Å²) >= 11 is 0. The zero-order chi connectivity index (χ0) is 23.5. The van der Waals surface area contributed by atoms with Crippen LogP contribution >= 0.6 is 0 Å². The highest BCUT2D eigenvalue weighted by Crippen LogP contribution is 2.24. The van der Waals surface area contributed by atoms with Crippen LogP contribution in [0, 0.1) is 13.8 Å². The number of carbonyl (C=O) groups excluding carboxylic acids is 1. The van der Waals surface area contributed by atoms with Crippen LogP contribution in [0.4, 0.5) is 5.69 Å². The number of aromatic nitrogens is 2. The van der Waals surface area contributed by atoms with Crippen LogP contribution in [0.3, 0.4) is 0 Å². The summed E-state index contributed by atoms with van der Waals surface area (Å²) in [5.74, 6) is 0.703. The summed E-state index contributed by atoms with van der Waals surface area (Å²) in [5, 5.41) is 2.99. The number of nitrogens with one attached hydrogen (secondary N) is 1. The number of hydrogen-bond acceptors (Lipinski definition) is 4. The number of sulfonamides is 1. The molecular weight excluding hydrogens is 424 g/mol. The van der Waals surface area contributed by atoms with Crippen molar-refractivity contribution >= 4 is 32.7 Å². The number of aryl methyl sites for hydroxylation is 4. The number of rotatable bonds is 9. The number of anilines is 1. The first-order chi connectivity index (χ1) is 15.2. The van der Waals surface area contributed by atoms with Crippen molar-refractivity contribution < 1.29 is 13.2 Å². The second-order valence-electron chi connectivity index (χ2n) is 7.88. The molecule has 0 unspecified atom stereocenters. The van der Waals surface area contributed by atoms with Gasteiger partial charge in [-0.3, -0.25) is 4.79 Å². The van der Waals surface area contributed by atoms with Crippen LogP contribution in [0.5, 0.6) is 0 Å². The molecule has 2 aromatic carbocycles. The third-order valence-corrected chi connectivity index (χ3v) is 7.75. The zero-order valence-electron chi connectivity index (χ0n) is 19.5. The highest BCUT2D eigenvalue weighted by Gasteiger charge is 2.23. The monoisotopic (exact) mass is 456 g/mol. The number of amides is 1. The summed E-state index contributed by atoms with van der Waals surface area (Å²) in [6.45, 7) is 11.2. The minimum atomic E-state index is -3.55. The minimum absolute atomic E-state index is 0.0711. The molecule has 0 aliphatic carbocycles. The lowest BCUT2D eigenvalue weighted by molar-refractivity contribution is -0.116. The van der Waals surface area contributed by atoms with Gasteiger partial charge in [-0.1, -0.05) is 26.0 Å². The van der Waals surface area contributed by atoms with Crippen molar-refractivity contribution in [2.75, 3.05) is 18.4 Å².